The number of aromatic nitrogens is 1. The van der Waals surface area contributed by atoms with Gasteiger partial charge in [-0.2, -0.15) is 0 Å². The number of nitrogens with one attached hydrogen (secondary N) is 3. The van der Waals surface area contributed by atoms with E-state index in [4.69, 9.17) is 5.73 Å². The number of unbranched alkanes of at least 4 members (excludes halogenated alkanes) is 1. The Morgan fingerprint density at radius 2 is 1.87 bits per heavy atom. The molecular formula is C24H34N4O3. The summed E-state index contributed by atoms with van der Waals surface area (Å²) in [6.45, 7) is 6.33. The molecule has 3 rings (SSSR count). The molecule has 1 aliphatic carbocycles. The Kier molecular flexibility index (Phi) is 7.15. The van der Waals surface area contributed by atoms with Gasteiger partial charge in [-0.3, -0.25) is 14.4 Å². The van der Waals surface area contributed by atoms with Crippen LogP contribution in [-0.2, 0) is 20.8 Å². The van der Waals surface area contributed by atoms with Gasteiger partial charge in [-0.25, -0.2) is 0 Å². The number of fused-ring (bicyclic) bond motifs is 1. The molecule has 1 heterocycles. The van der Waals surface area contributed by atoms with Gasteiger partial charge in [-0.05, 0) is 36.9 Å². The first kappa shape index (κ1) is 23.0. The standard InChI is InChI=1S/C24H34N4O3/c1-15(2)24(13-21(24)29)28-23(31)20(27-22(30)16(3)8-6-7-11-25)12-17-14-26-19-10-5-4-9-18(17)19/h4-5,9-10,14-16,20,26H,6-8,11-13,25H2,1-3H3,(H,27,30)(H,28,31)/t16-,20-,24-/m0/s1. The molecule has 2 aromatic rings. The second kappa shape index (κ2) is 9.64. The summed E-state index contributed by atoms with van der Waals surface area (Å²) in [4.78, 5) is 41.3. The van der Waals surface area contributed by atoms with Crippen molar-refractivity contribution in [2.24, 2.45) is 17.6 Å². The number of H-pyrrole nitrogens is 1. The summed E-state index contributed by atoms with van der Waals surface area (Å²) in [6.07, 6.45) is 5.03. The summed E-state index contributed by atoms with van der Waals surface area (Å²) in [7, 11) is 0. The number of para-hydroxylation sites is 1. The molecule has 0 saturated heterocycles. The molecule has 0 unspecified atom stereocenters. The summed E-state index contributed by atoms with van der Waals surface area (Å²) in [5.41, 5.74) is 6.68. The Hall–Kier alpha value is -2.67. The first-order valence-electron chi connectivity index (χ1n) is 11.2. The molecule has 2 amide bonds. The Morgan fingerprint density at radius 1 is 1.16 bits per heavy atom. The molecule has 168 valence electrons. The predicted molar refractivity (Wildman–Crippen MR) is 121 cm³/mol. The van der Waals surface area contributed by atoms with E-state index in [0.29, 0.717) is 19.4 Å². The maximum Gasteiger partial charge on any atom is 0.243 e. The summed E-state index contributed by atoms with van der Waals surface area (Å²) < 4.78 is 0. The van der Waals surface area contributed by atoms with Crippen molar-refractivity contribution >= 4 is 28.5 Å². The Labute approximate surface area is 183 Å². The fraction of sp³-hybridized carbons (Fsp3) is 0.542. The van der Waals surface area contributed by atoms with E-state index in [1.807, 2.05) is 51.2 Å². The largest absolute Gasteiger partial charge is 0.361 e. The van der Waals surface area contributed by atoms with Crippen molar-refractivity contribution in [2.75, 3.05) is 6.54 Å². The third-order valence-electron chi connectivity index (χ3n) is 6.41. The van der Waals surface area contributed by atoms with Gasteiger partial charge in [-0.1, -0.05) is 45.4 Å². The van der Waals surface area contributed by atoms with Crippen molar-refractivity contribution in [1.29, 1.82) is 0 Å². The molecule has 3 atom stereocenters. The zero-order chi connectivity index (χ0) is 22.6. The lowest BCUT2D eigenvalue weighted by atomic mass is 9.98. The summed E-state index contributed by atoms with van der Waals surface area (Å²) in [6, 6.07) is 7.11. The first-order valence-corrected chi connectivity index (χ1v) is 11.2. The second-order valence-electron chi connectivity index (χ2n) is 9.03. The smallest absolute Gasteiger partial charge is 0.243 e. The highest BCUT2D eigenvalue weighted by Gasteiger charge is 2.57. The molecule has 1 aromatic carbocycles. The fourth-order valence-electron chi connectivity index (χ4n) is 4.07. The monoisotopic (exact) mass is 426 g/mol. The minimum atomic E-state index is -0.799. The second-order valence-corrected chi connectivity index (χ2v) is 9.03. The average Bonchev–Trinajstić information content (AvgIpc) is 3.22. The van der Waals surface area contributed by atoms with Crippen LogP contribution in [-0.4, -0.2) is 40.7 Å². The van der Waals surface area contributed by atoms with Crippen LogP contribution in [0, 0.1) is 11.8 Å². The van der Waals surface area contributed by atoms with Crippen molar-refractivity contribution in [3.8, 4) is 0 Å². The molecule has 7 nitrogen and oxygen atoms in total. The first-order chi connectivity index (χ1) is 14.8. The molecule has 1 aromatic heterocycles. The van der Waals surface area contributed by atoms with Crippen LogP contribution in [0.3, 0.4) is 0 Å². The number of Topliss-reactive ketones (excluding diaryl/α,β-unsaturated/α-hetero) is 1. The number of amides is 2. The maximum atomic E-state index is 13.2. The quantitative estimate of drug-likeness (QED) is 0.413. The summed E-state index contributed by atoms with van der Waals surface area (Å²) >= 11 is 0. The minimum absolute atomic E-state index is 0.00331. The number of carbonyl (C=O) groups excluding carboxylic acids is 3. The molecular weight excluding hydrogens is 392 g/mol. The van der Waals surface area contributed by atoms with Crippen LogP contribution in [0.5, 0.6) is 0 Å². The van der Waals surface area contributed by atoms with Crippen molar-refractivity contribution < 1.29 is 14.4 Å². The van der Waals surface area contributed by atoms with Crippen molar-refractivity contribution in [3.63, 3.8) is 0 Å². The van der Waals surface area contributed by atoms with Crippen LogP contribution in [0.25, 0.3) is 10.9 Å². The molecule has 0 aliphatic heterocycles. The van der Waals surface area contributed by atoms with Gasteiger partial charge >= 0.3 is 0 Å². The Morgan fingerprint density at radius 3 is 2.52 bits per heavy atom. The van der Waals surface area contributed by atoms with Gasteiger partial charge in [0.1, 0.15) is 11.6 Å². The topological polar surface area (TPSA) is 117 Å². The lowest BCUT2D eigenvalue weighted by Gasteiger charge is -2.25. The van der Waals surface area contributed by atoms with E-state index in [2.05, 4.69) is 15.6 Å². The summed E-state index contributed by atoms with van der Waals surface area (Å²) in [5.74, 6) is -0.636. The highest BCUT2D eigenvalue weighted by Crippen LogP contribution is 2.38. The van der Waals surface area contributed by atoms with Gasteiger partial charge in [0.25, 0.3) is 0 Å². The van der Waals surface area contributed by atoms with Crippen LogP contribution in [0.1, 0.15) is 52.0 Å². The minimum Gasteiger partial charge on any atom is -0.361 e. The number of aromatic amines is 1. The molecule has 31 heavy (non-hydrogen) atoms. The number of carbonyl (C=O) groups is 3. The van der Waals surface area contributed by atoms with Crippen LogP contribution in [0.4, 0.5) is 0 Å². The van der Waals surface area contributed by atoms with Gasteiger partial charge in [0.15, 0.2) is 5.78 Å². The van der Waals surface area contributed by atoms with Gasteiger partial charge in [0, 0.05) is 35.9 Å². The Bertz CT molecular complexity index is 951. The van der Waals surface area contributed by atoms with E-state index in [1.54, 1.807) is 0 Å². The highest BCUT2D eigenvalue weighted by molar-refractivity contribution is 6.08. The molecule has 0 spiro atoms. The van der Waals surface area contributed by atoms with Crippen LogP contribution in [0.2, 0.25) is 0 Å². The van der Waals surface area contributed by atoms with Crippen molar-refractivity contribution in [1.82, 2.24) is 15.6 Å². The SMILES string of the molecule is CC(C)[C@@]1(NC(=O)[C@H](Cc2c[nH]c3ccccc23)NC(=O)[C@@H](C)CCCCN)CC1=O. The zero-order valence-corrected chi connectivity index (χ0v) is 18.7. The lowest BCUT2D eigenvalue weighted by molar-refractivity contribution is -0.132. The van der Waals surface area contributed by atoms with Crippen molar-refractivity contribution in [3.05, 3.63) is 36.0 Å². The van der Waals surface area contributed by atoms with Gasteiger partial charge in [0.2, 0.25) is 11.8 Å². The molecule has 0 bridgehead atoms. The van der Waals surface area contributed by atoms with E-state index in [-0.39, 0.29) is 29.4 Å². The number of hydrogen-bond acceptors (Lipinski definition) is 4. The molecule has 1 aliphatic rings. The van der Waals surface area contributed by atoms with E-state index < -0.39 is 11.6 Å². The molecule has 0 radical (unpaired) electrons. The third-order valence-corrected chi connectivity index (χ3v) is 6.41. The van der Waals surface area contributed by atoms with E-state index in [9.17, 15) is 14.4 Å². The van der Waals surface area contributed by atoms with Crippen molar-refractivity contribution in [2.45, 2.75) is 64.5 Å². The molecule has 5 N–H and O–H groups in total. The van der Waals surface area contributed by atoms with Crippen LogP contribution >= 0.6 is 0 Å². The summed E-state index contributed by atoms with van der Waals surface area (Å²) in [5, 5.41) is 6.91. The van der Waals surface area contributed by atoms with E-state index >= 15 is 0 Å². The number of ketones is 1. The van der Waals surface area contributed by atoms with E-state index in [1.165, 1.54) is 0 Å². The number of benzene rings is 1. The highest BCUT2D eigenvalue weighted by atomic mass is 16.2. The van der Waals surface area contributed by atoms with Gasteiger partial charge in [-0.15, -0.1) is 0 Å². The normalized spacial score (nSPS) is 20.0. The number of rotatable bonds is 11. The van der Waals surface area contributed by atoms with Crippen LogP contribution in [0.15, 0.2) is 30.5 Å². The van der Waals surface area contributed by atoms with E-state index in [0.717, 1.165) is 35.7 Å². The Balaban J connectivity index is 1.77. The molecule has 1 fully saturated rings. The van der Waals surface area contributed by atoms with Gasteiger partial charge in [0.05, 0.1) is 0 Å². The maximum absolute atomic E-state index is 13.2. The fourth-order valence-corrected chi connectivity index (χ4v) is 4.07. The molecule has 1 saturated carbocycles. The number of hydrogen-bond donors (Lipinski definition) is 4. The molecule has 7 heteroatoms. The van der Waals surface area contributed by atoms with Crippen LogP contribution < -0.4 is 16.4 Å². The lowest BCUT2D eigenvalue weighted by Crippen LogP contribution is -2.54. The third kappa shape index (κ3) is 5.15. The van der Waals surface area contributed by atoms with Gasteiger partial charge < -0.3 is 21.4 Å². The zero-order valence-electron chi connectivity index (χ0n) is 18.7. The average molecular weight is 427 g/mol. The predicted octanol–water partition coefficient (Wildman–Crippen LogP) is 2.44. The number of nitrogens with two attached hydrogens (primary N) is 1.